The average molecular weight is 337 g/mol. The van der Waals surface area contributed by atoms with E-state index in [1.807, 2.05) is 12.1 Å². The van der Waals surface area contributed by atoms with Crippen molar-refractivity contribution in [1.29, 1.82) is 0 Å². The number of carbonyl (C=O) groups is 1. The van der Waals surface area contributed by atoms with Gasteiger partial charge >= 0.3 is 5.63 Å². The van der Waals surface area contributed by atoms with Gasteiger partial charge in [0.25, 0.3) is 5.91 Å². The van der Waals surface area contributed by atoms with E-state index in [1.54, 1.807) is 30.1 Å². The van der Waals surface area contributed by atoms with Gasteiger partial charge in [-0.15, -0.1) is 12.4 Å². The van der Waals surface area contributed by atoms with Crippen molar-refractivity contribution in [1.82, 2.24) is 10.2 Å². The minimum Gasteiger partial charge on any atom is -0.422 e. The van der Waals surface area contributed by atoms with E-state index in [9.17, 15) is 9.59 Å². The first-order valence-corrected chi connectivity index (χ1v) is 7.67. The summed E-state index contributed by atoms with van der Waals surface area (Å²) >= 11 is 0. The van der Waals surface area contributed by atoms with Crippen molar-refractivity contribution in [3.63, 3.8) is 0 Å². The molecule has 1 aromatic heterocycles. The molecule has 1 atom stereocenters. The summed E-state index contributed by atoms with van der Waals surface area (Å²) in [5.74, 6) is -0.258. The highest BCUT2D eigenvalue weighted by atomic mass is 35.5. The number of hydrogen-bond acceptors (Lipinski definition) is 4. The Morgan fingerprint density at radius 3 is 2.87 bits per heavy atom. The lowest BCUT2D eigenvalue weighted by molar-refractivity contribution is 0.0716. The Hall–Kier alpha value is -1.85. The highest BCUT2D eigenvalue weighted by molar-refractivity contribution is 5.96. The first-order chi connectivity index (χ1) is 10.7. The number of carbonyl (C=O) groups excluding carboxylic acids is 1. The van der Waals surface area contributed by atoms with Crippen molar-refractivity contribution < 1.29 is 9.21 Å². The van der Waals surface area contributed by atoms with E-state index >= 15 is 0 Å². The van der Waals surface area contributed by atoms with Crippen molar-refractivity contribution in [2.24, 2.45) is 0 Å². The Balaban J connectivity index is 0.00000192. The third-order valence-electron chi connectivity index (χ3n) is 4.29. The molecular formula is C17H21ClN2O3. The lowest BCUT2D eigenvalue weighted by atomic mass is 10.1. The van der Waals surface area contributed by atoms with Gasteiger partial charge in [0.2, 0.25) is 0 Å². The van der Waals surface area contributed by atoms with Crippen LogP contribution < -0.4 is 10.9 Å². The normalized spacial score (nSPS) is 18.0. The molecule has 1 fully saturated rings. The number of rotatable bonds is 2. The highest BCUT2D eigenvalue weighted by Crippen LogP contribution is 2.17. The largest absolute Gasteiger partial charge is 0.422 e. The van der Waals surface area contributed by atoms with Gasteiger partial charge in [0.15, 0.2) is 0 Å². The van der Waals surface area contributed by atoms with Gasteiger partial charge in [-0.1, -0.05) is 18.2 Å². The van der Waals surface area contributed by atoms with Gasteiger partial charge in [-0.05, 0) is 44.5 Å². The number of benzene rings is 1. The number of fused-ring (bicyclic) bond motifs is 1. The third-order valence-corrected chi connectivity index (χ3v) is 4.29. The number of para-hydroxylation sites is 1. The van der Waals surface area contributed by atoms with E-state index < -0.39 is 5.63 Å². The summed E-state index contributed by atoms with van der Waals surface area (Å²) < 4.78 is 5.26. The molecule has 1 saturated heterocycles. The van der Waals surface area contributed by atoms with Crippen molar-refractivity contribution in [2.75, 3.05) is 20.1 Å². The molecule has 3 rings (SSSR count). The van der Waals surface area contributed by atoms with Gasteiger partial charge in [-0.25, -0.2) is 4.79 Å². The molecule has 0 radical (unpaired) electrons. The van der Waals surface area contributed by atoms with Gasteiger partial charge in [0.05, 0.1) is 0 Å². The Morgan fingerprint density at radius 2 is 2.04 bits per heavy atom. The van der Waals surface area contributed by atoms with Crippen LogP contribution in [0.5, 0.6) is 0 Å². The van der Waals surface area contributed by atoms with Gasteiger partial charge in [-0.2, -0.15) is 0 Å². The van der Waals surface area contributed by atoms with Crippen molar-refractivity contribution in [3.8, 4) is 0 Å². The topological polar surface area (TPSA) is 62.6 Å². The fourth-order valence-electron chi connectivity index (χ4n) is 2.95. The molecule has 5 nitrogen and oxygen atoms in total. The standard InChI is InChI=1S/C17H20N2O3.ClH/c1-19(13-6-4-9-18-10-8-13)16(20)14-11-12-5-2-3-7-15(12)22-17(14)21;/h2-3,5,7,11,13,18H,4,6,8-10H2,1H3;1H. The summed E-state index contributed by atoms with van der Waals surface area (Å²) in [7, 11) is 1.77. The number of halogens is 1. The molecule has 0 saturated carbocycles. The van der Waals surface area contributed by atoms with Crippen LogP contribution in [0.2, 0.25) is 0 Å². The maximum absolute atomic E-state index is 12.7. The second-order valence-electron chi connectivity index (χ2n) is 5.74. The van der Waals surface area contributed by atoms with Crippen LogP contribution in [0.4, 0.5) is 0 Å². The molecule has 1 aliphatic heterocycles. The summed E-state index contributed by atoms with van der Waals surface area (Å²) in [5.41, 5.74) is 0.0473. The Labute approximate surface area is 141 Å². The molecule has 1 amide bonds. The number of nitrogens with one attached hydrogen (secondary N) is 1. The number of hydrogen-bond donors (Lipinski definition) is 1. The fraction of sp³-hybridized carbons (Fsp3) is 0.412. The molecule has 23 heavy (non-hydrogen) atoms. The smallest absolute Gasteiger partial charge is 0.349 e. The van der Waals surface area contributed by atoms with Gasteiger partial charge < -0.3 is 14.6 Å². The molecule has 1 unspecified atom stereocenters. The predicted octanol–water partition coefficient (Wildman–Crippen LogP) is 2.43. The summed E-state index contributed by atoms with van der Waals surface area (Å²) in [4.78, 5) is 26.5. The lowest BCUT2D eigenvalue weighted by Crippen LogP contribution is -2.39. The molecule has 1 aromatic carbocycles. The Morgan fingerprint density at radius 1 is 1.26 bits per heavy atom. The molecule has 6 heteroatoms. The Kier molecular flexibility index (Phi) is 5.80. The SMILES string of the molecule is CN(C(=O)c1cc2ccccc2oc1=O)C1CCCNCC1.Cl. The fourth-order valence-corrected chi connectivity index (χ4v) is 2.95. The summed E-state index contributed by atoms with van der Waals surface area (Å²) in [5, 5.41) is 4.09. The monoisotopic (exact) mass is 336 g/mol. The first-order valence-electron chi connectivity index (χ1n) is 7.67. The molecule has 2 heterocycles. The molecule has 1 N–H and O–H groups in total. The van der Waals surface area contributed by atoms with Crippen molar-refractivity contribution >= 4 is 29.3 Å². The van der Waals surface area contributed by atoms with Crippen LogP contribution in [0.15, 0.2) is 39.5 Å². The maximum atomic E-state index is 12.7. The minimum atomic E-state index is -0.567. The lowest BCUT2D eigenvalue weighted by Gasteiger charge is -2.26. The van der Waals surface area contributed by atoms with Gasteiger partial charge in [0.1, 0.15) is 11.1 Å². The minimum absolute atomic E-state index is 0. The van der Waals surface area contributed by atoms with Gasteiger partial charge in [0, 0.05) is 18.5 Å². The maximum Gasteiger partial charge on any atom is 0.349 e. The zero-order chi connectivity index (χ0) is 15.5. The molecule has 0 spiro atoms. The Bertz CT molecular complexity index is 736. The summed E-state index contributed by atoms with van der Waals surface area (Å²) in [6.45, 7) is 1.88. The van der Waals surface area contributed by atoms with Gasteiger partial charge in [-0.3, -0.25) is 4.79 Å². The third kappa shape index (κ3) is 3.74. The van der Waals surface area contributed by atoms with E-state index in [-0.39, 0.29) is 29.9 Å². The molecule has 1 aliphatic rings. The quantitative estimate of drug-likeness (QED) is 0.856. The van der Waals surface area contributed by atoms with Crippen LogP contribution in [0, 0.1) is 0 Å². The van der Waals surface area contributed by atoms with Crippen LogP contribution >= 0.6 is 12.4 Å². The molecular weight excluding hydrogens is 316 g/mol. The van der Waals surface area contributed by atoms with E-state index in [4.69, 9.17) is 4.42 Å². The van der Waals surface area contributed by atoms with Crippen LogP contribution in [-0.4, -0.2) is 37.0 Å². The van der Waals surface area contributed by atoms with E-state index in [0.717, 1.165) is 37.7 Å². The summed E-state index contributed by atoms with van der Waals surface area (Å²) in [6.07, 6.45) is 2.89. The number of amides is 1. The molecule has 0 bridgehead atoms. The van der Waals surface area contributed by atoms with Crippen LogP contribution in [0.25, 0.3) is 11.0 Å². The second kappa shape index (κ2) is 7.62. The van der Waals surface area contributed by atoms with Crippen molar-refractivity contribution in [3.05, 3.63) is 46.3 Å². The van der Waals surface area contributed by atoms with E-state index in [2.05, 4.69) is 5.32 Å². The van der Waals surface area contributed by atoms with Crippen LogP contribution in [0.3, 0.4) is 0 Å². The van der Waals surface area contributed by atoms with Crippen LogP contribution in [0.1, 0.15) is 29.6 Å². The predicted molar refractivity (Wildman–Crippen MR) is 92.3 cm³/mol. The molecule has 0 aliphatic carbocycles. The first kappa shape index (κ1) is 17.5. The zero-order valence-corrected chi connectivity index (χ0v) is 13.9. The average Bonchev–Trinajstić information content (AvgIpc) is 2.82. The van der Waals surface area contributed by atoms with Crippen LogP contribution in [-0.2, 0) is 0 Å². The molecule has 2 aromatic rings. The number of nitrogens with zero attached hydrogens (tertiary/aromatic N) is 1. The zero-order valence-electron chi connectivity index (χ0n) is 13.1. The molecule has 124 valence electrons. The summed E-state index contributed by atoms with van der Waals surface area (Å²) in [6, 6.07) is 9.02. The second-order valence-corrected chi connectivity index (χ2v) is 5.74. The van der Waals surface area contributed by atoms with E-state index in [0.29, 0.717) is 5.58 Å². The highest BCUT2D eigenvalue weighted by Gasteiger charge is 2.24. The van der Waals surface area contributed by atoms with Crippen molar-refractivity contribution in [2.45, 2.75) is 25.3 Å². The van der Waals surface area contributed by atoms with E-state index in [1.165, 1.54) is 0 Å².